The van der Waals surface area contributed by atoms with Crippen molar-refractivity contribution in [2.75, 3.05) is 0 Å². The van der Waals surface area contributed by atoms with Gasteiger partial charge in [0.2, 0.25) is 0 Å². The van der Waals surface area contributed by atoms with Crippen LogP contribution >= 0.6 is 0 Å². The first-order valence-corrected chi connectivity index (χ1v) is 6.63. The zero-order valence-electron chi connectivity index (χ0n) is 11.2. The van der Waals surface area contributed by atoms with Gasteiger partial charge in [-0.25, -0.2) is 14.1 Å². The molecule has 0 aliphatic carbocycles. The van der Waals surface area contributed by atoms with Gasteiger partial charge in [-0.2, -0.15) is 5.10 Å². The number of aryl methyl sites for hydroxylation is 1. The molecule has 0 unspecified atom stereocenters. The van der Waals surface area contributed by atoms with Crippen LogP contribution in [0, 0.1) is 5.82 Å². The molecule has 5 nitrogen and oxygen atoms in total. The number of aromatic nitrogens is 4. The van der Waals surface area contributed by atoms with E-state index in [0.717, 1.165) is 34.0 Å². The van der Waals surface area contributed by atoms with Gasteiger partial charge in [0, 0.05) is 18.3 Å². The van der Waals surface area contributed by atoms with E-state index in [9.17, 15) is 4.39 Å². The molecule has 4 rings (SSSR count). The maximum Gasteiger partial charge on any atom is 0.176 e. The second-order valence-corrected chi connectivity index (χ2v) is 4.74. The molecule has 0 bridgehead atoms. The number of halogens is 1. The van der Waals surface area contributed by atoms with Crippen molar-refractivity contribution < 1.29 is 8.91 Å². The quantitative estimate of drug-likeness (QED) is 0.565. The van der Waals surface area contributed by atoms with E-state index < -0.39 is 0 Å². The maximum absolute atomic E-state index is 13.0. The number of hydrogen-bond acceptors (Lipinski definition) is 4. The van der Waals surface area contributed by atoms with Gasteiger partial charge < -0.3 is 4.52 Å². The summed E-state index contributed by atoms with van der Waals surface area (Å²) >= 11 is 0. The highest BCUT2D eigenvalue weighted by Gasteiger charge is 2.16. The average molecular weight is 282 g/mol. The van der Waals surface area contributed by atoms with Crippen molar-refractivity contribution in [2.45, 2.75) is 13.5 Å². The summed E-state index contributed by atoms with van der Waals surface area (Å²) in [5.41, 5.74) is 2.27. The van der Waals surface area contributed by atoms with Gasteiger partial charge in [0.1, 0.15) is 11.3 Å². The number of hydrogen-bond donors (Lipinski definition) is 0. The average Bonchev–Trinajstić information content (AvgIpc) is 3.11. The first-order valence-electron chi connectivity index (χ1n) is 6.63. The Morgan fingerprint density at radius 3 is 2.71 bits per heavy atom. The van der Waals surface area contributed by atoms with Gasteiger partial charge in [-0.05, 0) is 31.2 Å². The van der Waals surface area contributed by atoms with Crippen molar-refractivity contribution >= 4 is 21.9 Å². The van der Waals surface area contributed by atoms with E-state index in [1.807, 2.05) is 6.92 Å². The van der Waals surface area contributed by atoms with Crippen LogP contribution in [0.3, 0.4) is 0 Å². The SMILES string of the molecule is CCn1ncc2c3noc(-c4ccc(F)cc4)c3cnc21. The van der Waals surface area contributed by atoms with Crippen LogP contribution in [0.4, 0.5) is 4.39 Å². The van der Waals surface area contributed by atoms with E-state index in [1.165, 1.54) is 12.1 Å². The molecule has 104 valence electrons. The van der Waals surface area contributed by atoms with E-state index in [4.69, 9.17) is 4.52 Å². The van der Waals surface area contributed by atoms with Crippen molar-refractivity contribution in [3.8, 4) is 11.3 Å². The summed E-state index contributed by atoms with van der Waals surface area (Å²) in [6, 6.07) is 6.11. The monoisotopic (exact) mass is 282 g/mol. The topological polar surface area (TPSA) is 56.7 Å². The first kappa shape index (κ1) is 12.0. The Morgan fingerprint density at radius 1 is 1.14 bits per heavy atom. The van der Waals surface area contributed by atoms with E-state index in [0.29, 0.717) is 5.76 Å². The molecule has 0 saturated carbocycles. The van der Waals surface area contributed by atoms with Gasteiger partial charge >= 0.3 is 0 Å². The largest absolute Gasteiger partial charge is 0.355 e. The van der Waals surface area contributed by atoms with Crippen LogP contribution in [0.2, 0.25) is 0 Å². The van der Waals surface area contributed by atoms with Gasteiger partial charge in [0.25, 0.3) is 0 Å². The van der Waals surface area contributed by atoms with Crippen LogP contribution < -0.4 is 0 Å². The summed E-state index contributed by atoms with van der Waals surface area (Å²) < 4.78 is 20.3. The van der Waals surface area contributed by atoms with Crippen LogP contribution in [0.1, 0.15) is 6.92 Å². The van der Waals surface area contributed by atoms with Crippen molar-refractivity contribution in [3.63, 3.8) is 0 Å². The lowest BCUT2D eigenvalue weighted by molar-refractivity contribution is 0.441. The number of fused-ring (bicyclic) bond motifs is 3. The highest BCUT2D eigenvalue weighted by atomic mass is 19.1. The van der Waals surface area contributed by atoms with E-state index in [-0.39, 0.29) is 5.82 Å². The zero-order valence-corrected chi connectivity index (χ0v) is 11.2. The van der Waals surface area contributed by atoms with E-state index in [2.05, 4.69) is 15.2 Å². The molecule has 0 aliphatic rings. The minimum atomic E-state index is -0.285. The minimum Gasteiger partial charge on any atom is -0.355 e. The van der Waals surface area contributed by atoms with Crippen molar-refractivity contribution in [1.82, 2.24) is 19.9 Å². The van der Waals surface area contributed by atoms with E-state index >= 15 is 0 Å². The van der Waals surface area contributed by atoms with Crippen LogP contribution in [0.25, 0.3) is 33.3 Å². The molecule has 3 heterocycles. The van der Waals surface area contributed by atoms with E-state index in [1.54, 1.807) is 29.2 Å². The molecule has 0 saturated heterocycles. The predicted molar refractivity (Wildman–Crippen MR) is 76.2 cm³/mol. The maximum atomic E-state index is 13.0. The second kappa shape index (κ2) is 4.37. The lowest BCUT2D eigenvalue weighted by atomic mass is 10.1. The Hall–Kier alpha value is -2.76. The molecular weight excluding hydrogens is 271 g/mol. The lowest BCUT2D eigenvalue weighted by Gasteiger charge is -1.98. The molecule has 0 spiro atoms. The summed E-state index contributed by atoms with van der Waals surface area (Å²) in [7, 11) is 0. The molecule has 0 fully saturated rings. The summed E-state index contributed by atoms with van der Waals surface area (Å²) in [4.78, 5) is 4.44. The lowest BCUT2D eigenvalue weighted by Crippen LogP contribution is -1.96. The summed E-state index contributed by atoms with van der Waals surface area (Å²) in [6.07, 6.45) is 3.46. The van der Waals surface area contributed by atoms with Crippen LogP contribution in [-0.4, -0.2) is 19.9 Å². The Labute approximate surface area is 119 Å². The molecule has 0 atom stereocenters. The molecule has 6 heteroatoms. The fourth-order valence-electron chi connectivity index (χ4n) is 2.46. The molecule has 0 amide bonds. The Morgan fingerprint density at radius 2 is 1.95 bits per heavy atom. The van der Waals surface area contributed by atoms with Crippen molar-refractivity contribution in [1.29, 1.82) is 0 Å². The normalized spacial score (nSPS) is 11.5. The third-order valence-corrected chi connectivity index (χ3v) is 3.52. The van der Waals surface area contributed by atoms with Gasteiger partial charge in [-0.15, -0.1) is 0 Å². The molecule has 3 aromatic heterocycles. The third-order valence-electron chi connectivity index (χ3n) is 3.52. The zero-order chi connectivity index (χ0) is 14.4. The van der Waals surface area contributed by atoms with Crippen LogP contribution in [0.5, 0.6) is 0 Å². The predicted octanol–water partition coefficient (Wildman–Crippen LogP) is 3.40. The summed E-state index contributed by atoms with van der Waals surface area (Å²) in [5.74, 6) is 0.302. The number of nitrogens with zero attached hydrogens (tertiary/aromatic N) is 4. The highest BCUT2D eigenvalue weighted by molar-refractivity contribution is 6.05. The second-order valence-electron chi connectivity index (χ2n) is 4.74. The van der Waals surface area contributed by atoms with Gasteiger partial charge in [0.15, 0.2) is 11.4 Å². The Bertz CT molecular complexity index is 940. The molecule has 0 N–H and O–H groups in total. The number of pyridine rings is 1. The Balaban J connectivity index is 1.98. The van der Waals surface area contributed by atoms with Gasteiger partial charge in [0.05, 0.1) is 17.0 Å². The third kappa shape index (κ3) is 1.72. The van der Waals surface area contributed by atoms with Gasteiger partial charge in [-0.3, -0.25) is 0 Å². The first-order chi connectivity index (χ1) is 10.3. The molecule has 0 aliphatic heterocycles. The van der Waals surface area contributed by atoms with Crippen LogP contribution in [-0.2, 0) is 6.54 Å². The minimum absolute atomic E-state index is 0.285. The van der Waals surface area contributed by atoms with Gasteiger partial charge in [-0.1, -0.05) is 5.16 Å². The summed E-state index contributed by atoms with van der Waals surface area (Å²) in [6.45, 7) is 2.75. The summed E-state index contributed by atoms with van der Waals surface area (Å²) in [5, 5.41) is 10.1. The fraction of sp³-hybridized carbons (Fsp3) is 0.133. The smallest absolute Gasteiger partial charge is 0.176 e. The van der Waals surface area contributed by atoms with Crippen molar-refractivity contribution in [3.05, 3.63) is 42.5 Å². The highest BCUT2D eigenvalue weighted by Crippen LogP contribution is 2.31. The number of benzene rings is 1. The Kier molecular flexibility index (Phi) is 2.50. The molecule has 1 aromatic carbocycles. The molecule has 21 heavy (non-hydrogen) atoms. The standard InChI is InChI=1S/C15H11FN4O/c1-2-20-15-12(8-18-20)13-11(7-17-15)14(21-19-13)9-3-5-10(16)6-4-9/h3-8H,2H2,1H3. The number of rotatable bonds is 2. The van der Waals surface area contributed by atoms with Crippen molar-refractivity contribution in [2.24, 2.45) is 0 Å². The van der Waals surface area contributed by atoms with Crippen LogP contribution in [0.15, 0.2) is 41.2 Å². The molecular formula is C15H11FN4O. The fourth-order valence-corrected chi connectivity index (χ4v) is 2.46. The molecule has 0 radical (unpaired) electrons. The molecule has 4 aromatic rings.